The Morgan fingerprint density at radius 2 is 1.37 bits per heavy atom. The van der Waals surface area contributed by atoms with Crippen molar-refractivity contribution in [2.75, 3.05) is 0 Å². The SMILES string of the molecule is C=C1C=Nc2c(cccc2-c2ccc(-c3nc(-c4ccc5c(c4)C=C=C5)nc(-c4ccc5c(c4)CC(C)C=C5)n3)cc2)C1. The summed E-state index contributed by atoms with van der Waals surface area (Å²) < 4.78 is 0. The van der Waals surface area contributed by atoms with Gasteiger partial charge < -0.3 is 0 Å². The lowest BCUT2D eigenvalue weighted by Crippen LogP contribution is -2.05. The number of aliphatic imine (C=N–C) groups is 1. The topological polar surface area (TPSA) is 51.0 Å². The van der Waals surface area contributed by atoms with Crippen molar-refractivity contribution in [3.63, 3.8) is 0 Å². The van der Waals surface area contributed by atoms with E-state index in [-0.39, 0.29) is 0 Å². The van der Waals surface area contributed by atoms with Crippen LogP contribution in [-0.2, 0) is 12.8 Å². The average molecular weight is 553 g/mol. The van der Waals surface area contributed by atoms with E-state index in [1.807, 2.05) is 18.4 Å². The molecule has 0 amide bonds. The number of nitrogens with zero attached hydrogens (tertiary/aromatic N) is 4. The molecule has 2 aliphatic carbocycles. The molecule has 0 bridgehead atoms. The van der Waals surface area contributed by atoms with Gasteiger partial charge in [0.2, 0.25) is 0 Å². The maximum absolute atomic E-state index is 5.02. The summed E-state index contributed by atoms with van der Waals surface area (Å²) in [5, 5.41) is 0. The average Bonchev–Trinajstić information content (AvgIpc) is 3.52. The summed E-state index contributed by atoms with van der Waals surface area (Å²) in [5.74, 6) is 2.49. The maximum Gasteiger partial charge on any atom is 0.164 e. The third-order valence-corrected chi connectivity index (χ3v) is 8.37. The Bertz CT molecular complexity index is 2090. The second kappa shape index (κ2) is 10.1. The molecule has 204 valence electrons. The van der Waals surface area contributed by atoms with Gasteiger partial charge in [0.1, 0.15) is 0 Å². The quantitative estimate of drug-likeness (QED) is 0.205. The van der Waals surface area contributed by atoms with Gasteiger partial charge in [-0.3, -0.25) is 4.99 Å². The van der Waals surface area contributed by atoms with E-state index >= 15 is 0 Å². The maximum atomic E-state index is 5.02. The predicted molar refractivity (Wildman–Crippen MR) is 177 cm³/mol. The smallest absolute Gasteiger partial charge is 0.164 e. The van der Waals surface area contributed by atoms with Gasteiger partial charge in [-0.2, -0.15) is 0 Å². The zero-order valence-electron chi connectivity index (χ0n) is 23.9. The van der Waals surface area contributed by atoms with Crippen LogP contribution >= 0.6 is 0 Å². The zero-order chi connectivity index (χ0) is 28.9. The van der Waals surface area contributed by atoms with Crippen molar-refractivity contribution >= 4 is 30.1 Å². The van der Waals surface area contributed by atoms with Gasteiger partial charge in [-0.25, -0.2) is 15.0 Å². The van der Waals surface area contributed by atoms with Gasteiger partial charge in [0.25, 0.3) is 0 Å². The van der Waals surface area contributed by atoms with E-state index in [2.05, 4.69) is 110 Å². The fourth-order valence-corrected chi connectivity index (χ4v) is 6.09. The second-order valence-electron chi connectivity index (χ2n) is 11.5. The van der Waals surface area contributed by atoms with Crippen molar-refractivity contribution in [2.24, 2.45) is 10.9 Å². The molecule has 0 saturated carbocycles. The molecule has 3 aliphatic rings. The summed E-state index contributed by atoms with van der Waals surface area (Å²) in [6.45, 7) is 6.33. The van der Waals surface area contributed by atoms with Gasteiger partial charge in [-0.1, -0.05) is 92.4 Å². The highest BCUT2D eigenvalue weighted by Crippen LogP contribution is 2.37. The van der Waals surface area contributed by atoms with Crippen LogP contribution in [0.3, 0.4) is 0 Å². The molecule has 4 heteroatoms. The Hall–Kier alpha value is -5.44. The van der Waals surface area contributed by atoms with Gasteiger partial charge in [0, 0.05) is 34.9 Å². The molecule has 1 unspecified atom stereocenters. The normalized spacial score (nSPS) is 15.8. The van der Waals surface area contributed by atoms with Crippen LogP contribution in [0.2, 0.25) is 0 Å². The van der Waals surface area contributed by atoms with E-state index in [4.69, 9.17) is 19.9 Å². The number of fused-ring (bicyclic) bond motifs is 3. The van der Waals surface area contributed by atoms with E-state index in [0.717, 1.165) is 63.0 Å². The van der Waals surface area contributed by atoms with Crippen LogP contribution in [0.15, 0.2) is 108 Å². The minimum absolute atomic E-state index is 0.513. The number of hydrogen-bond acceptors (Lipinski definition) is 4. The molecule has 1 aliphatic heterocycles. The molecule has 0 N–H and O–H groups in total. The molecule has 1 atom stereocenters. The van der Waals surface area contributed by atoms with E-state index in [1.165, 1.54) is 16.7 Å². The van der Waals surface area contributed by atoms with Gasteiger partial charge >= 0.3 is 0 Å². The summed E-state index contributed by atoms with van der Waals surface area (Å²) in [4.78, 5) is 19.7. The molecule has 8 rings (SSSR count). The van der Waals surface area contributed by atoms with Crippen LogP contribution in [0.5, 0.6) is 0 Å². The van der Waals surface area contributed by atoms with E-state index in [1.54, 1.807) is 0 Å². The lowest BCUT2D eigenvalue weighted by molar-refractivity contribution is 0.717. The molecule has 4 aromatic carbocycles. The number of benzene rings is 4. The number of para-hydroxylation sites is 1. The van der Waals surface area contributed by atoms with Gasteiger partial charge in [-0.05, 0) is 75.6 Å². The van der Waals surface area contributed by atoms with Gasteiger partial charge in [0.15, 0.2) is 17.5 Å². The van der Waals surface area contributed by atoms with E-state index in [9.17, 15) is 0 Å². The van der Waals surface area contributed by atoms with Crippen molar-refractivity contribution < 1.29 is 0 Å². The highest BCUT2D eigenvalue weighted by atomic mass is 15.0. The highest BCUT2D eigenvalue weighted by Gasteiger charge is 2.18. The van der Waals surface area contributed by atoms with Crippen LogP contribution in [-0.4, -0.2) is 21.2 Å². The summed E-state index contributed by atoms with van der Waals surface area (Å²) in [6.07, 6.45) is 12.2. The molecule has 0 spiro atoms. The first-order valence-electron chi connectivity index (χ1n) is 14.7. The minimum Gasteiger partial charge on any atom is -0.256 e. The summed E-state index contributed by atoms with van der Waals surface area (Å²) in [6, 6.07) is 27.6. The Labute approximate surface area is 251 Å². The number of rotatable bonds is 4. The van der Waals surface area contributed by atoms with Gasteiger partial charge in [-0.15, -0.1) is 5.73 Å². The fourth-order valence-electron chi connectivity index (χ4n) is 6.09. The van der Waals surface area contributed by atoms with E-state index in [0.29, 0.717) is 23.4 Å². The predicted octanol–water partition coefficient (Wildman–Crippen LogP) is 9.20. The highest BCUT2D eigenvalue weighted by molar-refractivity contribution is 5.90. The Morgan fingerprint density at radius 1 is 0.698 bits per heavy atom. The molecule has 0 radical (unpaired) electrons. The van der Waals surface area contributed by atoms with Crippen molar-refractivity contribution in [2.45, 2.75) is 19.8 Å². The summed E-state index contributed by atoms with van der Waals surface area (Å²) in [5.41, 5.74) is 16.4. The number of hydrogen-bond donors (Lipinski definition) is 0. The largest absolute Gasteiger partial charge is 0.256 e. The van der Waals surface area contributed by atoms with E-state index < -0.39 is 0 Å². The second-order valence-corrected chi connectivity index (χ2v) is 11.5. The third kappa shape index (κ3) is 4.68. The molecule has 2 heterocycles. The number of aromatic nitrogens is 3. The molecule has 0 fully saturated rings. The molecule has 1 aromatic heterocycles. The Morgan fingerprint density at radius 3 is 2.19 bits per heavy atom. The lowest BCUT2D eigenvalue weighted by atomic mass is 9.89. The fraction of sp³-hybridized carbons (Fsp3) is 0.103. The lowest BCUT2D eigenvalue weighted by Gasteiger charge is -2.17. The van der Waals surface area contributed by atoms with Crippen LogP contribution in [0.25, 0.3) is 63.5 Å². The third-order valence-electron chi connectivity index (χ3n) is 8.37. The number of allylic oxidation sites excluding steroid dienone is 2. The Balaban J connectivity index is 1.22. The molecule has 0 saturated heterocycles. The molecular weight excluding hydrogens is 524 g/mol. The minimum atomic E-state index is 0.513. The van der Waals surface area contributed by atoms with Crippen LogP contribution < -0.4 is 0 Å². The van der Waals surface area contributed by atoms with Crippen molar-refractivity contribution in [3.05, 3.63) is 131 Å². The first kappa shape index (κ1) is 25.3. The van der Waals surface area contributed by atoms with Crippen molar-refractivity contribution in [1.29, 1.82) is 0 Å². The van der Waals surface area contributed by atoms with Crippen molar-refractivity contribution in [1.82, 2.24) is 15.0 Å². The summed E-state index contributed by atoms with van der Waals surface area (Å²) >= 11 is 0. The summed E-state index contributed by atoms with van der Waals surface area (Å²) in [7, 11) is 0. The molecule has 5 aromatic rings. The van der Waals surface area contributed by atoms with Gasteiger partial charge in [0.05, 0.1) is 5.69 Å². The standard InChI is InChI=1S/C39H28N4/c1-24-9-10-27-12-18-33(22-34(27)19-24)39-42-37(41-38(43-39)32-17-11-26-5-3-6-30(26)21-32)29-15-13-28(14-16-29)35-8-4-7-31-20-25(2)23-40-36(31)35/h4-18,21-24H,2,19-20H2,1H3. The molecular formula is C39H28N4. The first-order chi connectivity index (χ1) is 21.1. The molecule has 4 nitrogen and oxygen atoms in total. The Kier molecular flexibility index (Phi) is 5.96. The first-order valence-corrected chi connectivity index (χ1v) is 14.7. The monoisotopic (exact) mass is 552 g/mol. The van der Waals surface area contributed by atoms with Crippen LogP contribution in [0.4, 0.5) is 5.69 Å². The molecule has 43 heavy (non-hydrogen) atoms. The van der Waals surface area contributed by atoms with Crippen LogP contribution in [0.1, 0.15) is 34.7 Å². The van der Waals surface area contributed by atoms with Crippen molar-refractivity contribution in [3.8, 4) is 45.3 Å². The van der Waals surface area contributed by atoms with Crippen LogP contribution in [0, 0.1) is 5.92 Å². The zero-order valence-corrected chi connectivity index (χ0v) is 23.9.